The zero-order valence-corrected chi connectivity index (χ0v) is 30.0. The van der Waals surface area contributed by atoms with Crippen LogP contribution in [0.1, 0.15) is 89.2 Å². The van der Waals surface area contributed by atoms with Gasteiger partial charge in [0.05, 0.1) is 13.1 Å². The molecule has 0 aliphatic rings. The van der Waals surface area contributed by atoms with Crippen molar-refractivity contribution in [2.24, 2.45) is 22.1 Å². The molecule has 16 nitrogen and oxygen atoms in total. The molecule has 2 heterocycles. The van der Waals surface area contributed by atoms with E-state index in [-0.39, 0.29) is 71.8 Å². The van der Waals surface area contributed by atoms with Crippen molar-refractivity contribution in [3.63, 3.8) is 0 Å². The third-order valence-corrected chi connectivity index (χ3v) is 6.59. The highest BCUT2D eigenvalue weighted by Gasteiger charge is 2.24. The summed E-state index contributed by atoms with van der Waals surface area (Å²) in [6.45, 7) is 14.3. The summed E-state index contributed by atoms with van der Waals surface area (Å²) in [5.74, 6) is -2.49. The minimum atomic E-state index is -0.738. The first-order valence-corrected chi connectivity index (χ1v) is 16.7. The highest BCUT2D eigenvalue weighted by molar-refractivity contribution is 5.97. The fourth-order valence-corrected chi connectivity index (χ4v) is 4.48. The van der Waals surface area contributed by atoms with Gasteiger partial charge in [0, 0.05) is 12.1 Å². The second-order valence-electron chi connectivity index (χ2n) is 13.2. The number of aromatic nitrogens is 2. The van der Waals surface area contributed by atoms with Crippen molar-refractivity contribution in [3.05, 3.63) is 47.8 Å². The molecule has 0 aliphatic carbocycles. The molecule has 2 aromatic heterocycles. The molecule has 272 valence electrons. The molecule has 0 aliphatic heterocycles. The van der Waals surface area contributed by atoms with Gasteiger partial charge in [-0.25, -0.2) is 9.97 Å². The zero-order chi connectivity index (χ0) is 37.4. The molecule has 6 N–H and O–H groups in total. The Kier molecular flexibility index (Phi) is 16.6. The van der Waals surface area contributed by atoms with E-state index >= 15 is 0 Å². The standard InChI is InChI=1S/C34H50N10O6/c1-19(2)15-25(33(49)37-21(5)6)41-29(45)17-35-31(47)23-11-9-13-27(39-23)43-44-28-14-10-12-24(40-28)32(48)36-18-30(46)42-26(16-20(3)4)34(50)38-22(7)8/h9-14,19-22,25-26H,15-18H2,1-8H3,(H,35,47)(H,36,48)(H,37,49)(H,38,50)(H,41,45)(H,42,46)/b44-43+/t25-,26-/m0/s1. The van der Waals surface area contributed by atoms with Crippen LogP contribution in [0.2, 0.25) is 0 Å². The van der Waals surface area contributed by atoms with Crippen LogP contribution in [0.4, 0.5) is 11.6 Å². The second-order valence-corrected chi connectivity index (χ2v) is 13.2. The number of amides is 6. The highest BCUT2D eigenvalue weighted by atomic mass is 16.2. The van der Waals surface area contributed by atoms with Crippen LogP contribution in [0.15, 0.2) is 46.6 Å². The topological polar surface area (TPSA) is 225 Å². The van der Waals surface area contributed by atoms with Crippen molar-refractivity contribution in [3.8, 4) is 0 Å². The normalized spacial score (nSPS) is 12.5. The van der Waals surface area contributed by atoms with E-state index in [1.165, 1.54) is 36.4 Å². The molecule has 0 saturated carbocycles. The van der Waals surface area contributed by atoms with Crippen LogP contribution in [0, 0.1) is 11.8 Å². The van der Waals surface area contributed by atoms with Crippen LogP contribution in [-0.4, -0.2) is 82.7 Å². The zero-order valence-electron chi connectivity index (χ0n) is 30.0. The number of carbonyl (C=O) groups is 6. The molecule has 16 heteroatoms. The predicted molar refractivity (Wildman–Crippen MR) is 187 cm³/mol. The van der Waals surface area contributed by atoms with Crippen molar-refractivity contribution < 1.29 is 28.8 Å². The molecular formula is C34H50N10O6. The van der Waals surface area contributed by atoms with Gasteiger partial charge in [-0.05, 0) is 76.6 Å². The van der Waals surface area contributed by atoms with Gasteiger partial charge in [-0.3, -0.25) is 28.8 Å². The number of azo groups is 1. The molecule has 6 amide bonds. The SMILES string of the molecule is CC(C)C[C@H](NC(=O)CNC(=O)c1cccc(/N=N/c2cccc(C(=O)NCC(=O)N[C@@H](CC(C)C)C(=O)NC(C)C)n2)n1)C(=O)NC(C)C. The Hall–Kier alpha value is -5.28. The lowest BCUT2D eigenvalue weighted by atomic mass is 10.0. The lowest BCUT2D eigenvalue weighted by molar-refractivity contribution is -0.129. The Morgan fingerprint density at radius 1 is 0.560 bits per heavy atom. The first kappa shape index (κ1) is 40.9. The van der Waals surface area contributed by atoms with E-state index in [0.717, 1.165) is 0 Å². The third kappa shape index (κ3) is 15.3. The Balaban J connectivity index is 1.98. The molecule has 2 atom stereocenters. The maximum absolute atomic E-state index is 12.7. The number of hydrogen-bond acceptors (Lipinski definition) is 10. The van der Waals surface area contributed by atoms with E-state index in [2.05, 4.69) is 52.1 Å². The minimum Gasteiger partial charge on any atom is -0.352 e. The summed E-state index contributed by atoms with van der Waals surface area (Å²) in [6.07, 6.45) is 0.872. The van der Waals surface area contributed by atoms with Crippen molar-refractivity contribution in [2.75, 3.05) is 13.1 Å². The Morgan fingerprint density at radius 3 is 1.24 bits per heavy atom. The summed E-state index contributed by atoms with van der Waals surface area (Å²) in [5, 5.41) is 23.9. The van der Waals surface area contributed by atoms with Gasteiger partial charge in [-0.1, -0.05) is 39.8 Å². The molecule has 2 rings (SSSR count). The third-order valence-electron chi connectivity index (χ3n) is 6.59. The predicted octanol–water partition coefficient (Wildman–Crippen LogP) is 2.46. The monoisotopic (exact) mass is 694 g/mol. The van der Waals surface area contributed by atoms with Crippen molar-refractivity contribution >= 4 is 47.1 Å². The molecule has 50 heavy (non-hydrogen) atoms. The van der Waals surface area contributed by atoms with E-state index < -0.39 is 35.7 Å². The van der Waals surface area contributed by atoms with E-state index in [9.17, 15) is 28.8 Å². The van der Waals surface area contributed by atoms with Crippen molar-refractivity contribution in [1.29, 1.82) is 0 Å². The average Bonchev–Trinajstić information content (AvgIpc) is 3.03. The van der Waals surface area contributed by atoms with Crippen LogP contribution >= 0.6 is 0 Å². The van der Waals surface area contributed by atoms with E-state index in [1.54, 1.807) is 0 Å². The molecule has 2 aromatic rings. The number of pyridine rings is 2. The maximum atomic E-state index is 12.7. The van der Waals surface area contributed by atoms with E-state index in [1.807, 2.05) is 55.4 Å². The summed E-state index contributed by atoms with van der Waals surface area (Å²) in [6, 6.07) is 7.28. The number of carbonyl (C=O) groups excluding carboxylic acids is 6. The van der Waals surface area contributed by atoms with E-state index in [0.29, 0.717) is 12.8 Å². The molecule has 0 spiro atoms. The van der Waals surface area contributed by atoms with Gasteiger partial charge >= 0.3 is 0 Å². The minimum absolute atomic E-state index is 0.0257. The van der Waals surface area contributed by atoms with Gasteiger partial charge in [0.25, 0.3) is 11.8 Å². The molecular weight excluding hydrogens is 644 g/mol. The fourth-order valence-electron chi connectivity index (χ4n) is 4.48. The average molecular weight is 695 g/mol. The van der Waals surface area contributed by atoms with Gasteiger partial charge in [0.2, 0.25) is 23.6 Å². The highest BCUT2D eigenvalue weighted by Crippen LogP contribution is 2.15. The summed E-state index contributed by atoms with van der Waals surface area (Å²) >= 11 is 0. The van der Waals surface area contributed by atoms with Crippen molar-refractivity contribution in [1.82, 2.24) is 41.9 Å². The lowest BCUT2D eigenvalue weighted by Crippen LogP contribution is -2.51. The van der Waals surface area contributed by atoms with Crippen LogP contribution in [0.25, 0.3) is 0 Å². The number of nitrogens with zero attached hydrogens (tertiary/aromatic N) is 4. The summed E-state index contributed by atoms with van der Waals surface area (Å²) < 4.78 is 0. The Bertz CT molecular complexity index is 1410. The van der Waals surface area contributed by atoms with Gasteiger partial charge in [-0.15, -0.1) is 10.2 Å². The molecule has 0 radical (unpaired) electrons. The van der Waals surface area contributed by atoms with Gasteiger partial charge in [0.15, 0.2) is 11.6 Å². The number of rotatable bonds is 18. The van der Waals surface area contributed by atoms with Crippen LogP contribution in [0.5, 0.6) is 0 Å². The molecule has 0 aromatic carbocycles. The van der Waals surface area contributed by atoms with Crippen LogP contribution < -0.4 is 31.9 Å². The van der Waals surface area contributed by atoms with Crippen LogP contribution in [0.3, 0.4) is 0 Å². The van der Waals surface area contributed by atoms with Gasteiger partial charge in [0.1, 0.15) is 23.5 Å². The van der Waals surface area contributed by atoms with Gasteiger partial charge < -0.3 is 31.9 Å². The first-order chi connectivity index (χ1) is 23.5. The smallest absolute Gasteiger partial charge is 0.270 e. The number of hydrogen-bond donors (Lipinski definition) is 6. The Morgan fingerprint density at radius 2 is 0.920 bits per heavy atom. The molecule has 0 fully saturated rings. The summed E-state index contributed by atoms with van der Waals surface area (Å²) in [4.78, 5) is 83.8. The lowest BCUT2D eigenvalue weighted by Gasteiger charge is -2.21. The quantitative estimate of drug-likeness (QED) is 0.127. The van der Waals surface area contributed by atoms with Crippen molar-refractivity contribution in [2.45, 2.75) is 92.4 Å². The summed E-state index contributed by atoms with van der Waals surface area (Å²) in [7, 11) is 0. The van der Waals surface area contributed by atoms with E-state index in [4.69, 9.17) is 0 Å². The molecule has 0 bridgehead atoms. The fraction of sp³-hybridized carbons (Fsp3) is 0.529. The first-order valence-electron chi connectivity index (χ1n) is 16.7. The Labute approximate surface area is 292 Å². The van der Waals surface area contributed by atoms with Crippen LogP contribution in [-0.2, 0) is 19.2 Å². The molecule has 0 unspecified atom stereocenters. The largest absolute Gasteiger partial charge is 0.352 e. The summed E-state index contributed by atoms with van der Waals surface area (Å²) in [5.41, 5.74) is -0.0515. The second kappa shape index (κ2) is 20.3. The molecule has 0 saturated heterocycles. The maximum Gasteiger partial charge on any atom is 0.270 e. The number of nitrogens with one attached hydrogen (secondary N) is 6. The van der Waals surface area contributed by atoms with Gasteiger partial charge in [-0.2, -0.15) is 0 Å².